The number of rotatable bonds is 7. The van der Waals surface area contributed by atoms with Gasteiger partial charge in [-0.15, -0.1) is 0 Å². The van der Waals surface area contributed by atoms with Gasteiger partial charge in [-0.25, -0.2) is 0 Å². The highest BCUT2D eigenvalue weighted by Crippen LogP contribution is 2.65. The molecular weight excluding hydrogens is 1100 g/mol. The molecule has 1 aliphatic carbocycles. The molecule has 2 aliphatic heterocycles. The number of hydrogen-bond acceptors (Lipinski definition) is 3. The van der Waals surface area contributed by atoms with Crippen molar-refractivity contribution >= 4 is 55.9 Å². The lowest BCUT2D eigenvalue weighted by Crippen LogP contribution is -2.30. The lowest BCUT2D eigenvalue weighted by molar-refractivity contribution is 0.569. The summed E-state index contributed by atoms with van der Waals surface area (Å²) in [5, 5.41) is 10.7. The van der Waals surface area contributed by atoms with Crippen LogP contribution < -0.4 is 9.80 Å². The van der Waals surface area contributed by atoms with E-state index >= 15 is 0 Å². The molecule has 1 atom stereocenters. The minimum Gasteiger partial charge on any atom is -0.309 e. The quantitative estimate of drug-likeness (QED) is 0.160. The van der Waals surface area contributed by atoms with Crippen molar-refractivity contribution < 1.29 is 9.60 Å². The van der Waals surface area contributed by atoms with Gasteiger partial charge in [0.1, 0.15) is 0 Å². The van der Waals surface area contributed by atoms with Gasteiger partial charge in [0.15, 0.2) is 0 Å². The lowest BCUT2D eigenvalue weighted by atomic mass is 9.73. The molecule has 1 aromatic heterocycles. The predicted octanol–water partition coefficient (Wildman–Crippen LogP) is 23.5. The number of para-hydroxylation sites is 2. The molecule has 13 aromatic rings. The standard InChI is InChI=1S/C87H72N4/c1-85(2,3)61-39-40-68-78(49-61)91(84-69(56-27-15-11-16-28-56)52-70-65-32-20-19-31-59(65)47-72(70)81(84)57-29-17-12-18-30-57)80-51-64(89-75-36-24-22-34-67(75)71-43-54(53-88)37-41-76(71)89)50-79-83(80)82(68)73-46-58(60-44-62(86(4,5)6)48-63(45-60)87(7,8)9)38-42-77(73)90(79)74-35-23-21-33-66(74)55-25-13-10-14-26-55/h10-46,48-52,82H,47H2,1-9H3/i22D,24D,34D,36D,37D,41D,43D. The highest BCUT2D eigenvalue weighted by Gasteiger charge is 2.45. The maximum absolute atomic E-state index is 10.7. The molecule has 3 aliphatic rings. The van der Waals surface area contributed by atoms with E-state index < -0.39 is 30.1 Å². The number of aromatic nitrogens is 1. The Morgan fingerprint density at radius 1 is 0.429 bits per heavy atom. The van der Waals surface area contributed by atoms with Crippen molar-refractivity contribution in [3.8, 4) is 67.4 Å². The molecule has 0 fully saturated rings. The first-order valence-corrected chi connectivity index (χ1v) is 31.6. The molecule has 440 valence electrons. The van der Waals surface area contributed by atoms with Crippen LogP contribution in [0, 0.1) is 11.3 Å². The van der Waals surface area contributed by atoms with E-state index in [1.165, 1.54) is 27.8 Å². The Labute approximate surface area is 545 Å². The fourth-order valence-electron chi connectivity index (χ4n) is 14.5. The second-order valence-electron chi connectivity index (χ2n) is 27.9. The van der Waals surface area contributed by atoms with E-state index in [2.05, 4.69) is 278 Å². The summed E-state index contributed by atoms with van der Waals surface area (Å²) in [6.45, 7) is 20.5. The van der Waals surface area contributed by atoms with Crippen molar-refractivity contribution in [3.63, 3.8) is 0 Å². The van der Waals surface area contributed by atoms with Gasteiger partial charge >= 0.3 is 0 Å². The number of nitrogens with zero attached hydrogens (tertiary/aromatic N) is 4. The summed E-state index contributed by atoms with van der Waals surface area (Å²) in [6.07, 6.45) is 0.674. The summed E-state index contributed by atoms with van der Waals surface area (Å²) < 4.78 is 69.3. The SMILES string of the molecule is [2H]c1c([2H])c([2H])c2c(c1[2H])c1c([2H])c(C#N)c([2H])c([2H])c1n2-c1cc2c3c(c1)N(c1c(-c4ccccc4)cc4c(c1-c1ccccc1)Cc1ccccc1-4)c1cc(C(C)(C)C)ccc1C3c1cc(-c3cc(C(C)(C)C)cc(C(C)(C)C)c3)ccc1N2c1ccccc1-c1ccccc1. The van der Waals surface area contributed by atoms with Crippen LogP contribution in [0.3, 0.4) is 0 Å². The number of benzene rings is 12. The Morgan fingerprint density at radius 3 is 1.71 bits per heavy atom. The van der Waals surface area contributed by atoms with Gasteiger partial charge in [0.25, 0.3) is 0 Å². The minimum absolute atomic E-state index is 0.00368. The van der Waals surface area contributed by atoms with Crippen molar-refractivity contribution in [1.29, 1.82) is 5.26 Å². The van der Waals surface area contributed by atoms with Crippen molar-refractivity contribution in [3.05, 3.63) is 305 Å². The molecule has 0 radical (unpaired) electrons. The van der Waals surface area contributed by atoms with Crippen LogP contribution in [0.2, 0.25) is 0 Å². The van der Waals surface area contributed by atoms with Gasteiger partial charge in [0, 0.05) is 38.9 Å². The van der Waals surface area contributed by atoms with Crippen LogP contribution in [0.1, 0.15) is 128 Å². The second-order valence-corrected chi connectivity index (χ2v) is 27.9. The highest BCUT2D eigenvalue weighted by molar-refractivity contribution is 6.12. The van der Waals surface area contributed by atoms with E-state index in [0.29, 0.717) is 12.1 Å². The van der Waals surface area contributed by atoms with Crippen molar-refractivity contribution in [2.24, 2.45) is 0 Å². The van der Waals surface area contributed by atoms with Crippen molar-refractivity contribution in [2.75, 3.05) is 9.80 Å². The average Bonchev–Trinajstić information content (AvgIpc) is 0.827. The molecular formula is C87H72N4. The number of anilines is 6. The van der Waals surface area contributed by atoms with Crippen LogP contribution in [0.5, 0.6) is 0 Å². The van der Waals surface area contributed by atoms with E-state index in [9.17, 15) is 13.5 Å². The zero-order valence-corrected chi connectivity index (χ0v) is 52.8. The van der Waals surface area contributed by atoms with Crippen LogP contribution in [-0.4, -0.2) is 4.57 Å². The smallest absolute Gasteiger partial charge is 0.0991 e. The van der Waals surface area contributed by atoms with E-state index in [4.69, 9.17) is 1.37 Å². The molecule has 12 aromatic carbocycles. The van der Waals surface area contributed by atoms with Gasteiger partial charge in [-0.1, -0.05) is 250 Å². The second kappa shape index (κ2) is 20.8. The Bertz CT molecular complexity index is 5560. The normalized spacial score (nSPS) is 15.1. The van der Waals surface area contributed by atoms with Crippen molar-refractivity contribution in [1.82, 2.24) is 4.57 Å². The zero-order valence-electron chi connectivity index (χ0n) is 59.8. The minimum atomic E-state index is -0.512. The maximum atomic E-state index is 10.7. The predicted molar refractivity (Wildman–Crippen MR) is 382 cm³/mol. The fourth-order valence-corrected chi connectivity index (χ4v) is 14.5. The molecule has 0 spiro atoms. The summed E-state index contributed by atoms with van der Waals surface area (Å²) >= 11 is 0. The van der Waals surface area contributed by atoms with Crippen LogP contribution in [0.4, 0.5) is 34.1 Å². The molecule has 0 amide bonds. The Balaban J connectivity index is 1.14. The first kappa shape index (κ1) is 48.5. The third-order valence-corrected chi connectivity index (χ3v) is 19.1. The third-order valence-electron chi connectivity index (χ3n) is 19.1. The Hall–Kier alpha value is -10.5. The molecule has 0 N–H and O–H groups in total. The number of nitriles is 1. The fraction of sp³-hybridized carbons (Fsp3) is 0.161. The van der Waals surface area contributed by atoms with E-state index in [-0.39, 0.29) is 61.7 Å². The Morgan fingerprint density at radius 2 is 1.03 bits per heavy atom. The maximum Gasteiger partial charge on any atom is 0.0991 e. The van der Waals surface area contributed by atoms with E-state index in [1.807, 2.05) is 12.1 Å². The zero-order chi connectivity index (χ0) is 68.3. The van der Waals surface area contributed by atoms with Crippen LogP contribution in [0.15, 0.2) is 255 Å². The first-order chi connectivity index (χ1) is 46.9. The van der Waals surface area contributed by atoms with Gasteiger partial charge in [0.05, 0.1) is 72.1 Å². The van der Waals surface area contributed by atoms with Crippen LogP contribution in [-0.2, 0) is 22.7 Å². The molecule has 3 heterocycles. The first-order valence-electron chi connectivity index (χ1n) is 35.1. The van der Waals surface area contributed by atoms with Gasteiger partial charge in [-0.2, -0.15) is 5.26 Å². The van der Waals surface area contributed by atoms with Gasteiger partial charge in [0.2, 0.25) is 0 Å². The molecule has 0 saturated carbocycles. The summed E-state index contributed by atoms with van der Waals surface area (Å²) in [5.41, 5.74) is 24.5. The molecule has 4 nitrogen and oxygen atoms in total. The third kappa shape index (κ3) is 9.07. The number of fused-ring (bicyclic) bond motifs is 10. The van der Waals surface area contributed by atoms with Gasteiger partial charge < -0.3 is 14.4 Å². The molecule has 0 saturated heterocycles. The van der Waals surface area contributed by atoms with E-state index in [0.717, 1.165) is 106 Å². The van der Waals surface area contributed by atoms with Crippen LogP contribution >= 0.6 is 0 Å². The molecule has 91 heavy (non-hydrogen) atoms. The summed E-state index contributed by atoms with van der Waals surface area (Å²) in [7, 11) is 0. The molecule has 4 heteroatoms. The lowest BCUT2D eigenvalue weighted by Gasteiger charge is -2.47. The van der Waals surface area contributed by atoms with Crippen molar-refractivity contribution in [2.45, 2.75) is 90.9 Å². The topological polar surface area (TPSA) is 35.2 Å². The van der Waals surface area contributed by atoms with Crippen LogP contribution in [0.25, 0.3) is 83.1 Å². The average molecular weight is 1180 g/mol. The highest BCUT2D eigenvalue weighted by atomic mass is 15.2. The Kier molecular flexibility index (Phi) is 11.1. The summed E-state index contributed by atoms with van der Waals surface area (Å²) in [5.74, 6) is -0.448. The summed E-state index contributed by atoms with van der Waals surface area (Å²) in [6, 6.07) is 75.8. The number of hydrogen-bond donors (Lipinski definition) is 0. The molecule has 1 unspecified atom stereocenters. The van der Waals surface area contributed by atoms with E-state index in [1.54, 1.807) is 4.57 Å². The monoisotopic (exact) mass is 1180 g/mol. The van der Waals surface area contributed by atoms with Gasteiger partial charge in [-0.3, -0.25) is 0 Å². The molecule has 0 bridgehead atoms. The molecule has 16 rings (SSSR count). The summed E-state index contributed by atoms with van der Waals surface area (Å²) in [4.78, 5) is 4.86. The van der Waals surface area contributed by atoms with Gasteiger partial charge in [-0.05, 0) is 167 Å². The largest absolute Gasteiger partial charge is 0.309 e.